The van der Waals surface area contributed by atoms with E-state index in [1.165, 1.54) is 0 Å². The van der Waals surface area contributed by atoms with E-state index in [2.05, 4.69) is 25.8 Å². The number of piperidine rings is 1. The fourth-order valence-electron chi connectivity index (χ4n) is 3.06. The zero-order chi connectivity index (χ0) is 15.4. The Bertz CT molecular complexity index is 487. The summed E-state index contributed by atoms with van der Waals surface area (Å²) in [6.07, 6.45) is 1.65. The minimum atomic E-state index is 0.289. The summed E-state index contributed by atoms with van der Waals surface area (Å²) in [4.78, 5) is 16.1. The number of phenolic OH excluding ortho intramolecular Hbond substituents is 1. The Morgan fingerprint density at radius 2 is 2.19 bits per heavy atom. The Kier molecular flexibility index (Phi) is 5.23. The summed E-state index contributed by atoms with van der Waals surface area (Å²) in [5.41, 5.74) is 1.12. The molecular formula is C17H26N2O2. The average Bonchev–Trinajstić information content (AvgIpc) is 2.40. The van der Waals surface area contributed by atoms with E-state index in [4.69, 9.17) is 0 Å². The van der Waals surface area contributed by atoms with Crippen molar-refractivity contribution in [3.63, 3.8) is 0 Å². The number of nitrogens with zero attached hydrogens (tertiary/aromatic N) is 2. The van der Waals surface area contributed by atoms with Crippen molar-refractivity contribution in [3.8, 4) is 5.75 Å². The third-order valence-corrected chi connectivity index (χ3v) is 4.10. The Hall–Kier alpha value is -1.55. The van der Waals surface area contributed by atoms with Gasteiger partial charge in [0, 0.05) is 32.1 Å². The molecule has 4 nitrogen and oxygen atoms in total. The van der Waals surface area contributed by atoms with Crippen LogP contribution in [0.3, 0.4) is 0 Å². The van der Waals surface area contributed by atoms with Crippen molar-refractivity contribution < 1.29 is 9.90 Å². The van der Waals surface area contributed by atoms with Gasteiger partial charge in [0.2, 0.25) is 5.91 Å². The number of amides is 1. The molecule has 21 heavy (non-hydrogen) atoms. The highest BCUT2D eigenvalue weighted by Gasteiger charge is 2.27. The van der Waals surface area contributed by atoms with E-state index < -0.39 is 0 Å². The SMILES string of the molecule is CC(C)N1CC(CN(C)Cc2cccc(O)c2)CCC1=O. The topological polar surface area (TPSA) is 43.8 Å². The second-order valence-electron chi connectivity index (χ2n) is 6.41. The van der Waals surface area contributed by atoms with Crippen LogP contribution in [0.4, 0.5) is 0 Å². The Morgan fingerprint density at radius 3 is 2.86 bits per heavy atom. The first kappa shape index (κ1) is 15.8. The number of carbonyl (C=O) groups excluding carboxylic acids is 1. The number of rotatable bonds is 5. The summed E-state index contributed by atoms with van der Waals surface area (Å²) < 4.78 is 0. The number of benzene rings is 1. The number of likely N-dealkylation sites (tertiary alicyclic amines) is 1. The van der Waals surface area contributed by atoms with Gasteiger partial charge in [0.15, 0.2) is 0 Å². The van der Waals surface area contributed by atoms with Crippen molar-refractivity contribution >= 4 is 5.91 Å². The molecular weight excluding hydrogens is 264 g/mol. The van der Waals surface area contributed by atoms with E-state index in [9.17, 15) is 9.90 Å². The summed E-state index contributed by atoms with van der Waals surface area (Å²) in [6, 6.07) is 7.69. The first-order chi connectivity index (χ1) is 9.95. The number of phenols is 1. The summed E-state index contributed by atoms with van der Waals surface area (Å²) in [5, 5.41) is 9.51. The van der Waals surface area contributed by atoms with Crippen LogP contribution in [-0.2, 0) is 11.3 Å². The smallest absolute Gasteiger partial charge is 0.222 e. The quantitative estimate of drug-likeness (QED) is 0.906. The molecule has 1 amide bonds. The molecule has 0 saturated carbocycles. The number of hydrogen-bond acceptors (Lipinski definition) is 3. The molecule has 116 valence electrons. The lowest BCUT2D eigenvalue weighted by Crippen LogP contribution is -2.46. The lowest BCUT2D eigenvalue weighted by Gasteiger charge is -2.37. The largest absolute Gasteiger partial charge is 0.508 e. The van der Waals surface area contributed by atoms with Gasteiger partial charge in [0.05, 0.1) is 0 Å². The van der Waals surface area contributed by atoms with Gasteiger partial charge in [-0.25, -0.2) is 0 Å². The highest BCUT2D eigenvalue weighted by atomic mass is 16.3. The van der Waals surface area contributed by atoms with Gasteiger partial charge in [-0.1, -0.05) is 12.1 Å². The third kappa shape index (κ3) is 4.46. The number of carbonyl (C=O) groups is 1. The molecule has 0 bridgehead atoms. The van der Waals surface area contributed by atoms with Gasteiger partial charge in [-0.3, -0.25) is 4.79 Å². The Morgan fingerprint density at radius 1 is 1.43 bits per heavy atom. The molecule has 1 N–H and O–H groups in total. The number of aromatic hydroxyl groups is 1. The molecule has 0 aliphatic carbocycles. The zero-order valence-electron chi connectivity index (χ0n) is 13.2. The molecule has 1 aromatic carbocycles. The van der Waals surface area contributed by atoms with Crippen molar-refractivity contribution in [1.29, 1.82) is 0 Å². The normalized spacial score (nSPS) is 19.6. The van der Waals surface area contributed by atoms with Crippen LogP contribution in [0.1, 0.15) is 32.3 Å². The highest BCUT2D eigenvalue weighted by Crippen LogP contribution is 2.21. The monoisotopic (exact) mass is 290 g/mol. The maximum atomic E-state index is 11.9. The molecule has 1 heterocycles. The van der Waals surface area contributed by atoms with Crippen molar-refractivity contribution in [2.45, 2.75) is 39.3 Å². The molecule has 0 aromatic heterocycles. The van der Waals surface area contributed by atoms with Crippen LogP contribution in [0.15, 0.2) is 24.3 Å². The minimum Gasteiger partial charge on any atom is -0.508 e. The van der Waals surface area contributed by atoms with E-state index in [0.29, 0.717) is 18.1 Å². The summed E-state index contributed by atoms with van der Waals surface area (Å²) in [6.45, 7) is 6.82. The van der Waals surface area contributed by atoms with Gasteiger partial charge in [-0.15, -0.1) is 0 Å². The van der Waals surface area contributed by atoms with Gasteiger partial charge in [-0.2, -0.15) is 0 Å². The molecule has 1 aliphatic rings. The molecule has 0 radical (unpaired) electrons. The maximum Gasteiger partial charge on any atom is 0.222 e. The maximum absolute atomic E-state index is 11.9. The first-order valence-electron chi connectivity index (χ1n) is 7.71. The van der Waals surface area contributed by atoms with Crippen molar-refractivity contribution in [3.05, 3.63) is 29.8 Å². The van der Waals surface area contributed by atoms with Crippen LogP contribution in [0.5, 0.6) is 5.75 Å². The molecule has 4 heteroatoms. The standard InChI is InChI=1S/C17H26N2O2/c1-13(2)19-12-15(7-8-17(19)21)11-18(3)10-14-5-4-6-16(20)9-14/h4-6,9,13,15,20H,7-8,10-12H2,1-3H3. The Labute approximate surface area is 127 Å². The lowest BCUT2D eigenvalue weighted by atomic mass is 9.96. The summed E-state index contributed by atoms with van der Waals surface area (Å²) >= 11 is 0. The molecule has 1 atom stereocenters. The average molecular weight is 290 g/mol. The lowest BCUT2D eigenvalue weighted by molar-refractivity contribution is -0.136. The van der Waals surface area contributed by atoms with E-state index in [-0.39, 0.29) is 11.9 Å². The van der Waals surface area contributed by atoms with E-state index in [1.807, 2.05) is 17.0 Å². The number of hydrogen-bond donors (Lipinski definition) is 1. The minimum absolute atomic E-state index is 0.289. The van der Waals surface area contributed by atoms with Gasteiger partial charge in [0.1, 0.15) is 5.75 Å². The molecule has 1 aromatic rings. The zero-order valence-corrected chi connectivity index (χ0v) is 13.2. The fourth-order valence-corrected chi connectivity index (χ4v) is 3.06. The molecule has 2 rings (SSSR count). The van der Waals surface area contributed by atoms with Crippen LogP contribution in [0.2, 0.25) is 0 Å². The molecule has 1 fully saturated rings. The van der Waals surface area contributed by atoms with Gasteiger partial charge in [0.25, 0.3) is 0 Å². The van der Waals surface area contributed by atoms with Crippen LogP contribution < -0.4 is 0 Å². The van der Waals surface area contributed by atoms with Crippen LogP contribution in [0, 0.1) is 5.92 Å². The van der Waals surface area contributed by atoms with Crippen molar-refractivity contribution in [2.24, 2.45) is 5.92 Å². The Balaban J connectivity index is 1.88. The fraction of sp³-hybridized carbons (Fsp3) is 0.588. The second kappa shape index (κ2) is 6.94. The summed E-state index contributed by atoms with van der Waals surface area (Å²) in [5.74, 6) is 1.14. The van der Waals surface area contributed by atoms with E-state index >= 15 is 0 Å². The molecule has 1 saturated heterocycles. The van der Waals surface area contributed by atoms with Crippen molar-refractivity contribution in [2.75, 3.05) is 20.1 Å². The van der Waals surface area contributed by atoms with Crippen molar-refractivity contribution in [1.82, 2.24) is 9.80 Å². The van der Waals surface area contributed by atoms with Gasteiger partial charge in [-0.05, 0) is 50.9 Å². The second-order valence-corrected chi connectivity index (χ2v) is 6.41. The van der Waals surface area contributed by atoms with Crippen LogP contribution in [-0.4, -0.2) is 47.0 Å². The predicted octanol–water partition coefficient (Wildman–Crippen LogP) is 2.47. The van der Waals surface area contributed by atoms with Crippen LogP contribution in [0.25, 0.3) is 0 Å². The first-order valence-corrected chi connectivity index (χ1v) is 7.71. The van der Waals surface area contributed by atoms with Gasteiger partial charge < -0.3 is 14.9 Å². The molecule has 0 spiro atoms. The molecule has 1 aliphatic heterocycles. The highest BCUT2D eigenvalue weighted by molar-refractivity contribution is 5.77. The van der Waals surface area contributed by atoms with Gasteiger partial charge >= 0.3 is 0 Å². The van der Waals surface area contributed by atoms with E-state index in [1.54, 1.807) is 12.1 Å². The predicted molar refractivity (Wildman–Crippen MR) is 84.0 cm³/mol. The van der Waals surface area contributed by atoms with E-state index in [0.717, 1.165) is 31.6 Å². The third-order valence-electron chi connectivity index (χ3n) is 4.10. The molecule has 1 unspecified atom stereocenters. The summed E-state index contributed by atoms with van der Waals surface area (Å²) in [7, 11) is 2.10. The van der Waals surface area contributed by atoms with Crippen LogP contribution >= 0.6 is 0 Å².